The summed E-state index contributed by atoms with van der Waals surface area (Å²) in [4.78, 5) is 20.5. The van der Waals surface area contributed by atoms with Gasteiger partial charge in [-0.1, -0.05) is 0 Å². The smallest absolute Gasteiger partial charge is 0.259 e. The van der Waals surface area contributed by atoms with E-state index >= 15 is 0 Å². The average Bonchev–Trinajstić information content (AvgIpc) is 2.54. The first kappa shape index (κ1) is 13.8. The van der Waals surface area contributed by atoms with Gasteiger partial charge in [-0.3, -0.25) is 4.79 Å². The summed E-state index contributed by atoms with van der Waals surface area (Å²) in [6, 6.07) is 3.55. The summed E-state index contributed by atoms with van der Waals surface area (Å²) in [6.45, 7) is 4.23. The van der Waals surface area contributed by atoms with E-state index in [1.807, 2.05) is 25.9 Å². The van der Waals surface area contributed by atoms with E-state index < -0.39 is 0 Å². The molecule has 0 aromatic carbocycles. The highest BCUT2D eigenvalue weighted by Crippen LogP contribution is 2.23. The second-order valence-electron chi connectivity index (χ2n) is 5.03. The standard InChI is InChI=1S/C14H21N3O2/c1-4-17-10-11(7-9-16(2)3)19-13-12(14(17)18)6-5-8-15-13/h5-6,8,11H,4,7,9-10H2,1-3H3. The van der Waals surface area contributed by atoms with E-state index in [1.54, 1.807) is 18.3 Å². The fourth-order valence-corrected chi connectivity index (χ4v) is 2.17. The molecule has 104 valence electrons. The third-order valence-electron chi connectivity index (χ3n) is 3.27. The molecule has 0 aliphatic carbocycles. The Balaban J connectivity index is 2.21. The summed E-state index contributed by atoms with van der Waals surface area (Å²) >= 11 is 0. The third-order valence-corrected chi connectivity index (χ3v) is 3.27. The summed E-state index contributed by atoms with van der Waals surface area (Å²) in [5, 5.41) is 0. The van der Waals surface area contributed by atoms with Crippen LogP contribution in [-0.4, -0.2) is 60.5 Å². The van der Waals surface area contributed by atoms with E-state index in [1.165, 1.54) is 0 Å². The lowest BCUT2D eigenvalue weighted by Gasteiger charge is -2.23. The molecule has 0 bridgehead atoms. The summed E-state index contributed by atoms with van der Waals surface area (Å²) in [5.41, 5.74) is 0.566. The van der Waals surface area contributed by atoms with Gasteiger partial charge in [0.1, 0.15) is 11.7 Å². The van der Waals surface area contributed by atoms with Gasteiger partial charge in [0, 0.05) is 19.3 Å². The number of aromatic nitrogens is 1. The number of hydrogen-bond donors (Lipinski definition) is 0. The van der Waals surface area contributed by atoms with Crippen LogP contribution in [0.25, 0.3) is 0 Å². The monoisotopic (exact) mass is 263 g/mol. The maximum atomic E-state index is 12.3. The van der Waals surface area contributed by atoms with Gasteiger partial charge in [-0.15, -0.1) is 0 Å². The Morgan fingerprint density at radius 2 is 2.32 bits per heavy atom. The van der Waals surface area contributed by atoms with E-state index in [2.05, 4.69) is 9.88 Å². The molecule has 2 rings (SSSR count). The molecule has 0 N–H and O–H groups in total. The first-order valence-corrected chi connectivity index (χ1v) is 6.67. The predicted molar refractivity (Wildman–Crippen MR) is 73.4 cm³/mol. The van der Waals surface area contributed by atoms with E-state index in [4.69, 9.17) is 4.74 Å². The summed E-state index contributed by atoms with van der Waals surface area (Å²) in [5.74, 6) is 0.477. The SMILES string of the molecule is CCN1CC(CCN(C)C)Oc2ncccc2C1=O. The molecule has 1 aromatic rings. The number of ether oxygens (including phenoxy) is 1. The molecule has 1 aromatic heterocycles. The van der Waals surface area contributed by atoms with Crippen LogP contribution in [0, 0.1) is 0 Å². The van der Waals surface area contributed by atoms with E-state index in [9.17, 15) is 4.79 Å². The van der Waals surface area contributed by atoms with Crippen LogP contribution in [0.4, 0.5) is 0 Å². The van der Waals surface area contributed by atoms with Crippen LogP contribution in [0.3, 0.4) is 0 Å². The molecule has 19 heavy (non-hydrogen) atoms. The molecule has 1 amide bonds. The van der Waals surface area contributed by atoms with Gasteiger partial charge in [0.2, 0.25) is 5.88 Å². The fraction of sp³-hybridized carbons (Fsp3) is 0.571. The van der Waals surface area contributed by atoms with Crippen LogP contribution < -0.4 is 4.74 Å². The van der Waals surface area contributed by atoms with Crippen molar-refractivity contribution in [3.8, 4) is 5.88 Å². The normalized spacial score (nSPS) is 19.1. The van der Waals surface area contributed by atoms with Crippen molar-refractivity contribution in [3.05, 3.63) is 23.9 Å². The minimum absolute atomic E-state index is 0.00227. The summed E-state index contributed by atoms with van der Waals surface area (Å²) in [6.07, 6.45) is 2.55. The molecule has 2 heterocycles. The Kier molecular flexibility index (Phi) is 4.37. The van der Waals surface area contributed by atoms with E-state index in [0.717, 1.165) is 13.0 Å². The number of carbonyl (C=O) groups excluding carboxylic acids is 1. The van der Waals surface area contributed by atoms with Crippen LogP contribution in [0.2, 0.25) is 0 Å². The Bertz CT molecular complexity index is 448. The van der Waals surface area contributed by atoms with E-state index in [-0.39, 0.29) is 12.0 Å². The predicted octanol–water partition coefficient (Wildman–Crippen LogP) is 1.26. The van der Waals surface area contributed by atoms with Crippen LogP contribution in [0.1, 0.15) is 23.7 Å². The molecular weight excluding hydrogens is 242 g/mol. The van der Waals surface area contributed by atoms with Crippen molar-refractivity contribution in [3.63, 3.8) is 0 Å². The molecule has 0 saturated carbocycles. The van der Waals surface area contributed by atoms with Gasteiger partial charge in [-0.05, 0) is 39.6 Å². The zero-order valence-corrected chi connectivity index (χ0v) is 11.8. The largest absolute Gasteiger partial charge is 0.472 e. The van der Waals surface area contributed by atoms with Crippen LogP contribution in [-0.2, 0) is 0 Å². The highest BCUT2D eigenvalue weighted by Gasteiger charge is 2.28. The molecule has 1 aliphatic rings. The first-order valence-electron chi connectivity index (χ1n) is 6.67. The molecular formula is C14H21N3O2. The number of carbonyl (C=O) groups is 1. The highest BCUT2D eigenvalue weighted by atomic mass is 16.5. The fourth-order valence-electron chi connectivity index (χ4n) is 2.17. The Labute approximate surface area is 114 Å². The molecule has 0 fully saturated rings. The molecule has 5 nitrogen and oxygen atoms in total. The molecule has 0 spiro atoms. The molecule has 0 radical (unpaired) electrons. The Morgan fingerprint density at radius 1 is 1.53 bits per heavy atom. The van der Waals surface area contributed by atoms with Crippen molar-refractivity contribution in [2.24, 2.45) is 0 Å². The van der Waals surface area contributed by atoms with Crippen LogP contribution >= 0.6 is 0 Å². The molecule has 1 unspecified atom stereocenters. The van der Waals surface area contributed by atoms with Gasteiger partial charge in [0.05, 0.1) is 6.54 Å². The highest BCUT2D eigenvalue weighted by molar-refractivity contribution is 5.96. The third kappa shape index (κ3) is 3.23. The lowest BCUT2D eigenvalue weighted by molar-refractivity contribution is 0.0708. The lowest BCUT2D eigenvalue weighted by atomic mass is 10.2. The topological polar surface area (TPSA) is 45.7 Å². The van der Waals surface area contributed by atoms with Crippen molar-refractivity contribution < 1.29 is 9.53 Å². The van der Waals surface area contributed by atoms with Gasteiger partial charge >= 0.3 is 0 Å². The van der Waals surface area contributed by atoms with Crippen LogP contribution in [0.15, 0.2) is 18.3 Å². The number of rotatable bonds is 4. The second kappa shape index (κ2) is 6.02. The maximum Gasteiger partial charge on any atom is 0.259 e. The van der Waals surface area contributed by atoms with Crippen molar-refractivity contribution >= 4 is 5.91 Å². The first-order chi connectivity index (χ1) is 9.11. The number of amides is 1. The van der Waals surface area contributed by atoms with Gasteiger partial charge in [-0.25, -0.2) is 4.98 Å². The quantitative estimate of drug-likeness (QED) is 0.820. The minimum Gasteiger partial charge on any atom is -0.472 e. The zero-order chi connectivity index (χ0) is 13.8. The van der Waals surface area contributed by atoms with Crippen molar-refractivity contribution in [2.75, 3.05) is 33.7 Å². The Hall–Kier alpha value is -1.62. The molecule has 1 aliphatic heterocycles. The van der Waals surface area contributed by atoms with Gasteiger partial charge in [0.25, 0.3) is 5.91 Å². The average molecular weight is 263 g/mol. The lowest BCUT2D eigenvalue weighted by Crippen LogP contribution is -2.38. The van der Waals surface area contributed by atoms with Crippen molar-refractivity contribution in [1.82, 2.24) is 14.8 Å². The maximum absolute atomic E-state index is 12.3. The van der Waals surface area contributed by atoms with Crippen molar-refractivity contribution in [2.45, 2.75) is 19.4 Å². The minimum atomic E-state index is 0.00227. The van der Waals surface area contributed by atoms with Gasteiger partial charge in [-0.2, -0.15) is 0 Å². The number of pyridine rings is 1. The molecule has 5 heteroatoms. The molecule has 1 atom stereocenters. The Morgan fingerprint density at radius 3 is 3.00 bits per heavy atom. The number of fused-ring (bicyclic) bond motifs is 1. The summed E-state index contributed by atoms with van der Waals surface area (Å²) in [7, 11) is 4.07. The van der Waals surface area contributed by atoms with Crippen LogP contribution in [0.5, 0.6) is 5.88 Å². The van der Waals surface area contributed by atoms with Crippen molar-refractivity contribution in [1.29, 1.82) is 0 Å². The zero-order valence-electron chi connectivity index (χ0n) is 11.8. The second-order valence-corrected chi connectivity index (χ2v) is 5.03. The van der Waals surface area contributed by atoms with E-state index in [0.29, 0.717) is 24.5 Å². The number of nitrogens with zero attached hydrogens (tertiary/aromatic N) is 3. The number of hydrogen-bond acceptors (Lipinski definition) is 4. The van der Waals surface area contributed by atoms with Gasteiger partial charge < -0.3 is 14.5 Å². The summed E-state index contributed by atoms with van der Waals surface area (Å²) < 4.78 is 5.91. The number of likely N-dealkylation sites (N-methyl/N-ethyl adjacent to an activating group) is 1. The van der Waals surface area contributed by atoms with Gasteiger partial charge in [0.15, 0.2) is 0 Å². The molecule has 0 saturated heterocycles.